The van der Waals surface area contributed by atoms with Gasteiger partial charge in [0.1, 0.15) is 0 Å². The molecule has 4 heteroatoms. The number of amides is 1. The quantitative estimate of drug-likeness (QED) is 0.469. The Morgan fingerprint density at radius 3 is 2.50 bits per heavy atom. The van der Waals surface area contributed by atoms with E-state index in [0.29, 0.717) is 19.7 Å². The second-order valence-corrected chi connectivity index (χ2v) is 3.43. The Balaban J connectivity index is 3.99. The highest BCUT2D eigenvalue weighted by molar-refractivity contribution is 5.81. The molecule has 4 nitrogen and oxygen atoms in total. The highest BCUT2D eigenvalue weighted by atomic mass is 16.5. The fourth-order valence-corrected chi connectivity index (χ4v) is 1.34. The van der Waals surface area contributed by atoms with Crippen molar-refractivity contribution in [2.75, 3.05) is 19.7 Å². The molecule has 0 N–H and O–H groups in total. The van der Waals surface area contributed by atoms with Crippen molar-refractivity contribution in [3.8, 4) is 0 Å². The molecule has 0 aliphatic heterocycles. The molecule has 92 valence electrons. The first-order chi connectivity index (χ1) is 7.65. The van der Waals surface area contributed by atoms with Gasteiger partial charge in [0, 0.05) is 19.5 Å². The van der Waals surface area contributed by atoms with Crippen molar-refractivity contribution < 1.29 is 14.3 Å². The maximum absolute atomic E-state index is 11.7. The van der Waals surface area contributed by atoms with Crippen LogP contribution in [0.15, 0.2) is 12.7 Å². The minimum atomic E-state index is -0.314. The van der Waals surface area contributed by atoms with Gasteiger partial charge in [-0.3, -0.25) is 9.59 Å². The largest absolute Gasteiger partial charge is 0.466 e. The zero-order valence-corrected chi connectivity index (χ0v) is 10.2. The molecule has 0 saturated carbocycles. The second kappa shape index (κ2) is 8.95. The van der Waals surface area contributed by atoms with E-state index in [1.54, 1.807) is 17.9 Å². The van der Waals surface area contributed by atoms with Crippen molar-refractivity contribution in [3.05, 3.63) is 12.7 Å². The minimum absolute atomic E-state index is 0.0187. The molecule has 0 aliphatic carbocycles. The van der Waals surface area contributed by atoms with Crippen LogP contribution in [-0.4, -0.2) is 36.5 Å². The van der Waals surface area contributed by atoms with Gasteiger partial charge in [-0.1, -0.05) is 13.0 Å². The van der Waals surface area contributed by atoms with Gasteiger partial charge in [-0.15, -0.1) is 6.58 Å². The van der Waals surface area contributed by atoms with Crippen LogP contribution in [0, 0.1) is 0 Å². The summed E-state index contributed by atoms with van der Waals surface area (Å²) in [6.45, 7) is 8.96. The average Bonchev–Trinajstić information content (AvgIpc) is 2.26. The van der Waals surface area contributed by atoms with Gasteiger partial charge in [0.15, 0.2) is 0 Å². The van der Waals surface area contributed by atoms with Gasteiger partial charge in [0.25, 0.3) is 0 Å². The van der Waals surface area contributed by atoms with E-state index in [-0.39, 0.29) is 24.7 Å². The van der Waals surface area contributed by atoms with Crippen LogP contribution in [0.25, 0.3) is 0 Å². The number of hydrogen-bond acceptors (Lipinski definition) is 3. The number of carbonyl (C=O) groups is 2. The third-order valence-electron chi connectivity index (χ3n) is 2.04. The molecule has 0 atom stereocenters. The van der Waals surface area contributed by atoms with E-state index in [1.165, 1.54) is 0 Å². The Kier molecular flexibility index (Phi) is 8.21. The van der Waals surface area contributed by atoms with Crippen molar-refractivity contribution in [3.63, 3.8) is 0 Å². The fourth-order valence-electron chi connectivity index (χ4n) is 1.34. The highest BCUT2D eigenvalue weighted by Gasteiger charge is 2.13. The van der Waals surface area contributed by atoms with E-state index in [1.807, 2.05) is 6.92 Å². The number of hydrogen-bond donors (Lipinski definition) is 0. The van der Waals surface area contributed by atoms with Crippen molar-refractivity contribution in [2.45, 2.75) is 33.1 Å². The molecule has 0 fully saturated rings. The first-order valence-corrected chi connectivity index (χ1v) is 5.69. The van der Waals surface area contributed by atoms with Gasteiger partial charge < -0.3 is 9.64 Å². The third-order valence-corrected chi connectivity index (χ3v) is 2.04. The summed E-state index contributed by atoms with van der Waals surface area (Å²) in [7, 11) is 0. The molecule has 0 spiro atoms. The van der Waals surface area contributed by atoms with E-state index >= 15 is 0 Å². The maximum Gasteiger partial charge on any atom is 0.306 e. The first-order valence-electron chi connectivity index (χ1n) is 5.69. The lowest BCUT2D eigenvalue weighted by Crippen LogP contribution is -2.32. The number of nitrogens with zero attached hydrogens (tertiary/aromatic N) is 1. The predicted molar refractivity (Wildman–Crippen MR) is 62.9 cm³/mol. The van der Waals surface area contributed by atoms with Gasteiger partial charge >= 0.3 is 5.97 Å². The summed E-state index contributed by atoms with van der Waals surface area (Å²) < 4.78 is 4.76. The van der Waals surface area contributed by atoms with Crippen LogP contribution in [0.4, 0.5) is 0 Å². The van der Waals surface area contributed by atoms with E-state index in [9.17, 15) is 9.59 Å². The van der Waals surface area contributed by atoms with Crippen molar-refractivity contribution in [2.24, 2.45) is 0 Å². The van der Waals surface area contributed by atoms with Crippen molar-refractivity contribution in [1.82, 2.24) is 4.90 Å². The molecule has 0 bridgehead atoms. The lowest BCUT2D eigenvalue weighted by atomic mass is 10.2. The summed E-state index contributed by atoms with van der Waals surface area (Å²) in [5.41, 5.74) is 0. The molecule has 0 saturated heterocycles. The molecule has 0 aromatic heterocycles. The van der Waals surface area contributed by atoms with Crippen LogP contribution in [0.2, 0.25) is 0 Å². The van der Waals surface area contributed by atoms with Crippen LogP contribution in [0.3, 0.4) is 0 Å². The van der Waals surface area contributed by atoms with Crippen molar-refractivity contribution >= 4 is 11.9 Å². The Morgan fingerprint density at radius 2 is 2.00 bits per heavy atom. The lowest BCUT2D eigenvalue weighted by Gasteiger charge is -2.20. The standard InChI is InChI=1S/C12H21NO3/c1-4-9-13(10-5-2)11(14)7-8-12(15)16-6-3/h4H,1,5-10H2,2-3H3. The first kappa shape index (κ1) is 14.7. The molecule has 0 aromatic carbocycles. The molecular weight excluding hydrogens is 206 g/mol. The normalized spacial score (nSPS) is 9.62. The maximum atomic E-state index is 11.7. The number of carbonyl (C=O) groups excluding carboxylic acids is 2. The minimum Gasteiger partial charge on any atom is -0.466 e. The SMILES string of the molecule is C=CCN(CCC)C(=O)CCC(=O)OCC. The van der Waals surface area contributed by atoms with Gasteiger partial charge in [-0.05, 0) is 13.3 Å². The summed E-state index contributed by atoms with van der Waals surface area (Å²) in [5.74, 6) is -0.333. The zero-order valence-electron chi connectivity index (χ0n) is 10.2. The highest BCUT2D eigenvalue weighted by Crippen LogP contribution is 2.01. The average molecular weight is 227 g/mol. The molecule has 16 heavy (non-hydrogen) atoms. The summed E-state index contributed by atoms with van der Waals surface area (Å²) in [6, 6.07) is 0. The molecule has 0 rings (SSSR count). The Bertz CT molecular complexity index is 238. The summed E-state index contributed by atoms with van der Waals surface area (Å²) in [5, 5.41) is 0. The second-order valence-electron chi connectivity index (χ2n) is 3.43. The molecule has 1 amide bonds. The van der Waals surface area contributed by atoms with Crippen LogP contribution in [0.1, 0.15) is 33.1 Å². The van der Waals surface area contributed by atoms with Gasteiger partial charge in [0.05, 0.1) is 13.0 Å². The predicted octanol–water partition coefficient (Wildman–Crippen LogP) is 1.75. The smallest absolute Gasteiger partial charge is 0.306 e. The Morgan fingerprint density at radius 1 is 1.31 bits per heavy atom. The monoisotopic (exact) mass is 227 g/mol. The van der Waals surface area contributed by atoms with E-state index in [0.717, 1.165) is 6.42 Å². The van der Waals surface area contributed by atoms with Gasteiger partial charge in [-0.2, -0.15) is 0 Å². The summed E-state index contributed by atoms with van der Waals surface area (Å²) in [4.78, 5) is 24.5. The van der Waals surface area contributed by atoms with Crippen molar-refractivity contribution in [1.29, 1.82) is 0 Å². The fraction of sp³-hybridized carbons (Fsp3) is 0.667. The number of esters is 1. The molecule has 0 heterocycles. The van der Waals surface area contributed by atoms with E-state index in [2.05, 4.69) is 6.58 Å². The van der Waals surface area contributed by atoms with E-state index in [4.69, 9.17) is 4.74 Å². The lowest BCUT2D eigenvalue weighted by molar-refractivity contribution is -0.145. The summed E-state index contributed by atoms with van der Waals surface area (Å²) in [6.07, 6.45) is 2.97. The Labute approximate surface area is 97.3 Å². The molecule has 0 radical (unpaired) electrons. The molecular formula is C12H21NO3. The van der Waals surface area contributed by atoms with Crippen LogP contribution in [-0.2, 0) is 14.3 Å². The molecule has 0 unspecified atom stereocenters. The van der Waals surface area contributed by atoms with Crippen LogP contribution < -0.4 is 0 Å². The summed E-state index contributed by atoms with van der Waals surface area (Å²) >= 11 is 0. The zero-order chi connectivity index (χ0) is 12.4. The van der Waals surface area contributed by atoms with Gasteiger partial charge in [0.2, 0.25) is 5.91 Å². The number of ether oxygens (including phenoxy) is 1. The van der Waals surface area contributed by atoms with Crippen LogP contribution >= 0.6 is 0 Å². The van der Waals surface area contributed by atoms with Gasteiger partial charge in [-0.25, -0.2) is 0 Å². The number of rotatable bonds is 8. The molecule has 0 aromatic rings. The molecule has 0 aliphatic rings. The van der Waals surface area contributed by atoms with Crippen LogP contribution in [0.5, 0.6) is 0 Å². The topological polar surface area (TPSA) is 46.6 Å². The Hall–Kier alpha value is -1.32. The third kappa shape index (κ3) is 6.22. The van der Waals surface area contributed by atoms with E-state index < -0.39 is 0 Å².